The maximum atomic E-state index is 13.4. The second-order valence-electron chi connectivity index (χ2n) is 3.55. The zero-order valence-corrected chi connectivity index (χ0v) is 10.5. The summed E-state index contributed by atoms with van der Waals surface area (Å²) in [6.45, 7) is 0.0494. The van der Waals surface area contributed by atoms with Gasteiger partial charge in [0.25, 0.3) is 0 Å². The second kappa shape index (κ2) is 5.35. The van der Waals surface area contributed by atoms with E-state index in [1.54, 1.807) is 6.20 Å². The van der Waals surface area contributed by atoms with Gasteiger partial charge < -0.3 is 0 Å². The molecule has 6 heteroatoms. The van der Waals surface area contributed by atoms with Crippen LogP contribution < -0.4 is 0 Å². The van der Waals surface area contributed by atoms with E-state index in [4.69, 9.17) is 0 Å². The molecule has 0 saturated heterocycles. The molecule has 90 valence electrons. The Bertz CT molecular complexity index is 493. The molecule has 0 aliphatic carbocycles. The van der Waals surface area contributed by atoms with Crippen LogP contribution in [0.15, 0.2) is 24.4 Å². The van der Waals surface area contributed by atoms with Gasteiger partial charge in [0.2, 0.25) is 0 Å². The van der Waals surface area contributed by atoms with Crippen LogP contribution in [0.4, 0.5) is 8.78 Å². The van der Waals surface area contributed by atoms with Crippen molar-refractivity contribution in [2.75, 3.05) is 5.33 Å². The molecule has 0 aliphatic rings. The average molecular weight is 302 g/mol. The number of aryl methyl sites for hydroxylation is 1. The van der Waals surface area contributed by atoms with Gasteiger partial charge >= 0.3 is 0 Å². The minimum absolute atomic E-state index is 0.00259. The highest BCUT2D eigenvalue weighted by Gasteiger charge is 2.10. The van der Waals surface area contributed by atoms with Crippen molar-refractivity contribution in [3.8, 4) is 0 Å². The minimum Gasteiger partial charge on any atom is -0.248 e. The monoisotopic (exact) mass is 301 g/mol. The third-order valence-corrected chi connectivity index (χ3v) is 2.72. The summed E-state index contributed by atoms with van der Waals surface area (Å²) in [6, 6.07) is 3.80. The van der Waals surface area contributed by atoms with Crippen molar-refractivity contribution >= 4 is 15.9 Å². The molecule has 0 unspecified atom stereocenters. The highest BCUT2D eigenvalue weighted by molar-refractivity contribution is 9.09. The molecule has 0 bridgehead atoms. The van der Waals surface area contributed by atoms with Crippen molar-refractivity contribution in [3.63, 3.8) is 0 Å². The first kappa shape index (κ1) is 12.2. The second-order valence-corrected chi connectivity index (χ2v) is 4.34. The van der Waals surface area contributed by atoms with Crippen molar-refractivity contribution in [2.24, 2.45) is 0 Å². The zero-order valence-electron chi connectivity index (χ0n) is 8.91. The van der Waals surface area contributed by atoms with Crippen molar-refractivity contribution in [3.05, 3.63) is 47.3 Å². The third kappa shape index (κ3) is 2.88. The Hall–Kier alpha value is -1.30. The third-order valence-electron chi connectivity index (χ3n) is 2.32. The Balaban J connectivity index is 2.19. The van der Waals surface area contributed by atoms with Gasteiger partial charge in [-0.15, -0.1) is 5.10 Å². The number of hydrogen-bond donors (Lipinski definition) is 0. The topological polar surface area (TPSA) is 30.7 Å². The summed E-state index contributed by atoms with van der Waals surface area (Å²) in [5.41, 5.74) is 0.793. The van der Waals surface area contributed by atoms with Crippen molar-refractivity contribution in [1.29, 1.82) is 0 Å². The van der Waals surface area contributed by atoms with Gasteiger partial charge in [-0.05, 0) is 12.1 Å². The lowest BCUT2D eigenvalue weighted by Gasteiger charge is -2.03. The quantitative estimate of drug-likeness (QED) is 0.813. The largest absolute Gasteiger partial charge is 0.248 e. The molecule has 0 radical (unpaired) electrons. The number of hydrogen-bond acceptors (Lipinski definition) is 2. The van der Waals surface area contributed by atoms with Crippen LogP contribution in [0.3, 0.4) is 0 Å². The molecular weight excluding hydrogens is 292 g/mol. The first-order valence-corrected chi connectivity index (χ1v) is 6.20. The van der Waals surface area contributed by atoms with E-state index in [-0.39, 0.29) is 12.1 Å². The molecule has 0 spiro atoms. The highest BCUT2D eigenvalue weighted by atomic mass is 79.9. The van der Waals surface area contributed by atoms with Crippen LogP contribution in [0.5, 0.6) is 0 Å². The van der Waals surface area contributed by atoms with Crippen LogP contribution in [-0.4, -0.2) is 20.3 Å². The molecule has 0 amide bonds. The lowest BCUT2D eigenvalue weighted by molar-refractivity contribution is 0.528. The predicted octanol–water partition coefficient (Wildman–Crippen LogP) is 2.54. The fourth-order valence-electron chi connectivity index (χ4n) is 1.47. The van der Waals surface area contributed by atoms with Crippen molar-refractivity contribution in [1.82, 2.24) is 15.0 Å². The molecule has 17 heavy (non-hydrogen) atoms. The first-order chi connectivity index (χ1) is 8.20. The molecule has 1 heterocycles. The Kier molecular flexibility index (Phi) is 3.83. The van der Waals surface area contributed by atoms with Gasteiger partial charge in [-0.25, -0.2) is 13.5 Å². The van der Waals surface area contributed by atoms with Crippen LogP contribution in [-0.2, 0) is 13.0 Å². The first-order valence-electron chi connectivity index (χ1n) is 5.08. The summed E-state index contributed by atoms with van der Waals surface area (Å²) in [5.74, 6) is -1.13. The molecule has 0 N–H and O–H groups in total. The molecule has 2 aromatic rings. The van der Waals surface area contributed by atoms with E-state index in [0.29, 0.717) is 0 Å². The van der Waals surface area contributed by atoms with E-state index < -0.39 is 11.6 Å². The fourth-order valence-corrected chi connectivity index (χ4v) is 1.88. The zero-order chi connectivity index (χ0) is 12.3. The normalized spacial score (nSPS) is 10.8. The van der Waals surface area contributed by atoms with E-state index >= 15 is 0 Å². The van der Waals surface area contributed by atoms with E-state index in [9.17, 15) is 8.78 Å². The number of rotatable bonds is 4. The number of halogens is 3. The Morgan fingerprint density at radius 1 is 1.24 bits per heavy atom. The lowest BCUT2D eigenvalue weighted by Crippen LogP contribution is -2.05. The average Bonchev–Trinajstić information content (AvgIpc) is 2.72. The smallest absolute Gasteiger partial charge is 0.131 e. The van der Waals surface area contributed by atoms with E-state index in [1.807, 2.05) is 0 Å². The maximum Gasteiger partial charge on any atom is 0.131 e. The number of aromatic nitrogens is 3. The van der Waals surface area contributed by atoms with Gasteiger partial charge in [0.1, 0.15) is 11.6 Å². The van der Waals surface area contributed by atoms with Crippen molar-refractivity contribution < 1.29 is 8.78 Å². The number of nitrogens with zero attached hydrogens (tertiary/aromatic N) is 3. The minimum atomic E-state index is -0.567. The molecule has 1 aromatic carbocycles. The van der Waals surface area contributed by atoms with E-state index in [1.165, 1.54) is 22.9 Å². The fraction of sp³-hybridized carbons (Fsp3) is 0.273. The van der Waals surface area contributed by atoms with E-state index in [0.717, 1.165) is 17.4 Å². The summed E-state index contributed by atoms with van der Waals surface area (Å²) < 4.78 is 28.2. The molecule has 0 saturated carbocycles. The Labute approximate surface area is 106 Å². The van der Waals surface area contributed by atoms with Gasteiger partial charge in [-0.1, -0.05) is 27.2 Å². The molecule has 0 aliphatic heterocycles. The summed E-state index contributed by atoms with van der Waals surface area (Å²) >= 11 is 3.29. The molecule has 0 atom stereocenters. The standard InChI is InChI=1S/C11H10BrF2N3/c12-5-4-8-6-17(16-15-8)7-9-10(13)2-1-3-11(9)14/h1-3,6H,4-5,7H2. The van der Waals surface area contributed by atoms with Gasteiger partial charge in [-0.2, -0.15) is 0 Å². The Morgan fingerprint density at radius 3 is 2.59 bits per heavy atom. The summed E-state index contributed by atoms with van der Waals surface area (Å²) in [6.07, 6.45) is 2.42. The van der Waals surface area contributed by atoms with Crippen LogP contribution in [0.1, 0.15) is 11.3 Å². The predicted molar refractivity (Wildman–Crippen MR) is 63.0 cm³/mol. The summed E-state index contributed by atoms with van der Waals surface area (Å²) in [4.78, 5) is 0. The SMILES string of the molecule is Fc1cccc(F)c1Cn1cc(CCBr)nn1. The molecular formula is C11H10BrF2N3. The summed E-state index contributed by atoms with van der Waals surface area (Å²) in [7, 11) is 0. The number of alkyl halides is 1. The Morgan fingerprint density at radius 2 is 1.94 bits per heavy atom. The lowest BCUT2D eigenvalue weighted by atomic mass is 10.2. The van der Waals surface area contributed by atoms with Crippen LogP contribution in [0, 0.1) is 11.6 Å². The summed E-state index contributed by atoms with van der Waals surface area (Å²) in [5, 5.41) is 8.50. The van der Waals surface area contributed by atoms with Crippen LogP contribution in [0.2, 0.25) is 0 Å². The molecule has 1 aromatic heterocycles. The molecule has 3 nitrogen and oxygen atoms in total. The van der Waals surface area contributed by atoms with Crippen molar-refractivity contribution in [2.45, 2.75) is 13.0 Å². The van der Waals surface area contributed by atoms with Gasteiger partial charge in [0.15, 0.2) is 0 Å². The van der Waals surface area contributed by atoms with E-state index in [2.05, 4.69) is 26.2 Å². The highest BCUT2D eigenvalue weighted by Crippen LogP contribution is 2.13. The van der Waals surface area contributed by atoms with Crippen LogP contribution in [0.25, 0.3) is 0 Å². The van der Waals surface area contributed by atoms with Gasteiger partial charge in [0.05, 0.1) is 12.2 Å². The van der Waals surface area contributed by atoms with Crippen LogP contribution >= 0.6 is 15.9 Å². The molecule has 0 fully saturated rings. The van der Waals surface area contributed by atoms with Gasteiger partial charge in [0, 0.05) is 23.5 Å². The van der Waals surface area contributed by atoms with Gasteiger partial charge in [-0.3, -0.25) is 0 Å². The molecule has 2 rings (SSSR count). The maximum absolute atomic E-state index is 13.4. The number of benzene rings is 1.